The highest BCUT2D eigenvalue weighted by Gasteiger charge is 2.34. The lowest BCUT2D eigenvalue weighted by molar-refractivity contribution is 0.0764. The molecule has 1 unspecified atom stereocenters. The van der Waals surface area contributed by atoms with Gasteiger partial charge >= 0.3 is 0 Å². The van der Waals surface area contributed by atoms with Gasteiger partial charge in [-0.05, 0) is 35.7 Å². The van der Waals surface area contributed by atoms with E-state index in [0.29, 0.717) is 12.1 Å². The van der Waals surface area contributed by atoms with Gasteiger partial charge in [0.2, 0.25) is 0 Å². The molecule has 2 N–H and O–H groups in total. The lowest BCUT2D eigenvalue weighted by Crippen LogP contribution is -2.30. The number of rotatable bonds is 6. The first-order valence-corrected chi connectivity index (χ1v) is 10.6. The number of β-amino-alcohol motifs (C(OH)–C–C–N with tert-alkyl or cyclic N) is 1. The molecule has 0 spiro atoms. The Hall–Kier alpha value is -3.66. The first-order chi connectivity index (χ1) is 15.8. The van der Waals surface area contributed by atoms with Crippen molar-refractivity contribution in [3.63, 3.8) is 0 Å². The van der Waals surface area contributed by atoms with Crippen molar-refractivity contribution in [1.82, 2.24) is 24.6 Å². The van der Waals surface area contributed by atoms with Crippen LogP contribution in [0.3, 0.4) is 0 Å². The van der Waals surface area contributed by atoms with Crippen LogP contribution in [-0.2, 0) is 13.5 Å². The lowest BCUT2D eigenvalue weighted by Gasteiger charge is -2.15. The third-order valence-corrected chi connectivity index (χ3v) is 5.75. The molecule has 4 rings (SSSR count). The highest BCUT2D eigenvalue weighted by atomic mass is 19.1. The van der Waals surface area contributed by atoms with E-state index in [1.807, 2.05) is 29.8 Å². The highest BCUT2D eigenvalue weighted by molar-refractivity contribution is 6.04. The SMILES string of the molecule is CC(Cc1nncn1C)c1cccc(NC(=O)c2cc(C(=O)N3C[C@@H](F)[C@@H](O)C3)ccn2)c1. The monoisotopic (exact) mass is 452 g/mol. The Morgan fingerprint density at radius 2 is 2.09 bits per heavy atom. The molecule has 9 nitrogen and oxygen atoms in total. The maximum absolute atomic E-state index is 13.6. The number of carbonyl (C=O) groups is 2. The van der Waals surface area contributed by atoms with Gasteiger partial charge in [-0.2, -0.15) is 0 Å². The molecular formula is C23H25FN6O3. The molecule has 0 bridgehead atoms. The van der Waals surface area contributed by atoms with Gasteiger partial charge in [-0.1, -0.05) is 19.1 Å². The zero-order chi connectivity index (χ0) is 23.5. The average molecular weight is 452 g/mol. The number of nitrogens with zero attached hydrogens (tertiary/aromatic N) is 5. The molecule has 3 atom stereocenters. The Balaban J connectivity index is 1.44. The smallest absolute Gasteiger partial charge is 0.274 e. The maximum atomic E-state index is 13.6. The van der Waals surface area contributed by atoms with Gasteiger partial charge < -0.3 is 19.9 Å². The Morgan fingerprint density at radius 3 is 2.79 bits per heavy atom. The van der Waals surface area contributed by atoms with Gasteiger partial charge in [-0.3, -0.25) is 14.6 Å². The van der Waals surface area contributed by atoms with E-state index in [1.165, 1.54) is 23.2 Å². The van der Waals surface area contributed by atoms with Gasteiger partial charge in [0.15, 0.2) is 0 Å². The first kappa shape index (κ1) is 22.5. The summed E-state index contributed by atoms with van der Waals surface area (Å²) in [5, 5.41) is 20.4. The third kappa shape index (κ3) is 5.06. The minimum atomic E-state index is -1.47. The number of aromatic nitrogens is 4. The number of pyridine rings is 1. The number of amides is 2. The molecule has 0 saturated carbocycles. The van der Waals surface area contributed by atoms with Crippen LogP contribution < -0.4 is 5.32 Å². The summed E-state index contributed by atoms with van der Waals surface area (Å²) in [4.78, 5) is 30.7. The molecule has 1 aromatic carbocycles. The molecule has 10 heteroatoms. The summed E-state index contributed by atoms with van der Waals surface area (Å²) in [7, 11) is 1.90. The van der Waals surface area contributed by atoms with Crippen LogP contribution in [0.4, 0.5) is 10.1 Å². The Bertz CT molecular complexity index is 1160. The van der Waals surface area contributed by atoms with Gasteiger partial charge in [0.05, 0.1) is 6.54 Å². The van der Waals surface area contributed by atoms with Crippen LogP contribution in [0.1, 0.15) is 45.1 Å². The van der Waals surface area contributed by atoms with Crippen molar-refractivity contribution < 1.29 is 19.1 Å². The summed E-state index contributed by atoms with van der Waals surface area (Å²) < 4.78 is 15.5. The van der Waals surface area contributed by atoms with Gasteiger partial charge in [0.1, 0.15) is 30.1 Å². The summed E-state index contributed by atoms with van der Waals surface area (Å²) in [6.07, 6.45) is 1.06. The summed E-state index contributed by atoms with van der Waals surface area (Å²) in [6, 6.07) is 10.3. The van der Waals surface area contributed by atoms with Crippen LogP contribution in [-0.4, -0.2) is 66.9 Å². The summed E-state index contributed by atoms with van der Waals surface area (Å²) in [5.74, 6) is 0.101. The molecule has 0 aliphatic carbocycles. The number of likely N-dealkylation sites (tertiary alicyclic amines) is 1. The van der Waals surface area contributed by atoms with E-state index in [0.717, 1.165) is 11.4 Å². The Morgan fingerprint density at radius 1 is 1.27 bits per heavy atom. The number of hydrogen-bond donors (Lipinski definition) is 2. The number of nitrogens with one attached hydrogen (secondary N) is 1. The van der Waals surface area contributed by atoms with Crippen LogP contribution in [0.15, 0.2) is 48.9 Å². The first-order valence-electron chi connectivity index (χ1n) is 10.6. The largest absolute Gasteiger partial charge is 0.388 e. The number of alkyl halides is 1. The minimum Gasteiger partial charge on any atom is -0.388 e. The number of anilines is 1. The molecule has 2 amide bonds. The second kappa shape index (κ2) is 9.45. The quantitative estimate of drug-likeness (QED) is 0.591. The fraction of sp³-hybridized carbons (Fsp3) is 0.348. The van der Waals surface area contributed by atoms with Crippen molar-refractivity contribution in [1.29, 1.82) is 0 Å². The Kier molecular flexibility index (Phi) is 6.45. The standard InChI is InChI=1S/C23H25FN6O3/c1-14(8-21-28-26-13-29(21)2)15-4-3-5-17(9-15)27-22(32)19-10-16(6-7-25-19)23(33)30-11-18(24)20(31)12-30/h3-7,9-10,13-14,18,20,31H,8,11-12H2,1-2H3,(H,27,32)/t14?,18-,20+/m1/s1. The van der Waals surface area contributed by atoms with Crippen molar-refractivity contribution in [2.75, 3.05) is 18.4 Å². The van der Waals surface area contributed by atoms with E-state index < -0.39 is 24.1 Å². The van der Waals surface area contributed by atoms with Crippen molar-refractivity contribution in [2.24, 2.45) is 7.05 Å². The van der Waals surface area contributed by atoms with Gasteiger partial charge in [-0.25, -0.2) is 4.39 Å². The number of aliphatic hydroxyl groups is 1. The predicted molar refractivity (Wildman–Crippen MR) is 119 cm³/mol. The van der Waals surface area contributed by atoms with Crippen molar-refractivity contribution in [2.45, 2.75) is 31.5 Å². The number of hydrogen-bond acceptors (Lipinski definition) is 6. The van der Waals surface area contributed by atoms with E-state index in [1.54, 1.807) is 12.4 Å². The summed E-state index contributed by atoms with van der Waals surface area (Å²) in [6.45, 7) is 1.82. The molecule has 33 heavy (non-hydrogen) atoms. The minimum absolute atomic E-state index is 0.0648. The van der Waals surface area contributed by atoms with Crippen LogP contribution >= 0.6 is 0 Å². The molecule has 1 fully saturated rings. The van der Waals surface area contributed by atoms with Crippen LogP contribution in [0, 0.1) is 0 Å². The Labute approximate surface area is 190 Å². The molecular weight excluding hydrogens is 427 g/mol. The zero-order valence-electron chi connectivity index (χ0n) is 18.3. The van der Waals surface area contributed by atoms with Crippen molar-refractivity contribution in [3.05, 3.63) is 71.6 Å². The molecule has 1 aliphatic rings. The second-order valence-electron chi connectivity index (χ2n) is 8.27. The van der Waals surface area contributed by atoms with Crippen LogP contribution in [0.5, 0.6) is 0 Å². The number of halogens is 1. The fourth-order valence-electron chi connectivity index (χ4n) is 3.78. The van der Waals surface area contributed by atoms with Crippen molar-refractivity contribution >= 4 is 17.5 Å². The predicted octanol–water partition coefficient (Wildman–Crippen LogP) is 1.96. The maximum Gasteiger partial charge on any atom is 0.274 e. The molecule has 3 heterocycles. The molecule has 1 saturated heterocycles. The fourth-order valence-corrected chi connectivity index (χ4v) is 3.78. The van der Waals surface area contributed by atoms with Gasteiger partial charge in [-0.15, -0.1) is 10.2 Å². The van der Waals surface area contributed by atoms with Crippen LogP contribution in [0.25, 0.3) is 0 Å². The van der Waals surface area contributed by atoms with Crippen LogP contribution in [0.2, 0.25) is 0 Å². The van der Waals surface area contributed by atoms with E-state index in [2.05, 4.69) is 27.4 Å². The van der Waals surface area contributed by atoms with E-state index >= 15 is 0 Å². The second-order valence-corrected chi connectivity index (χ2v) is 8.27. The normalized spacial score (nSPS) is 18.8. The molecule has 1 aliphatic heterocycles. The lowest BCUT2D eigenvalue weighted by atomic mass is 9.97. The van der Waals surface area contributed by atoms with E-state index in [9.17, 15) is 19.1 Å². The summed E-state index contributed by atoms with van der Waals surface area (Å²) >= 11 is 0. The third-order valence-electron chi connectivity index (χ3n) is 5.75. The number of aryl methyl sites for hydroxylation is 1. The zero-order valence-corrected chi connectivity index (χ0v) is 18.3. The number of benzene rings is 1. The number of aliphatic hydroxyl groups excluding tert-OH is 1. The van der Waals surface area contributed by atoms with Crippen molar-refractivity contribution in [3.8, 4) is 0 Å². The number of carbonyl (C=O) groups excluding carboxylic acids is 2. The highest BCUT2D eigenvalue weighted by Crippen LogP contribution is 2.23. The average Bonchev–Trinajstić information content (AvgIpc) is 3.37. The molecule has 0 radical (unpaired) electrons. The molecule has 172 valence electrons. The molecule has 2 aromatic heterocycles. The topological polar surface area (TPSA) is 113 Å². The molecule has 3 aromatic rings. The van der Waals surface area contributed by atoms with Gasteiger partial charge in [0, 0.05) is 37.5 Å². The van der Waals surface area contributed by atoms with E-state index in [4.69, 9.17) is 0 Å². The van der Waals surface area contributed by atoms with Gasteiger partial charge in [0.25, 0.3) is 11.8 Å². The van der Waals surface area contributed by atoms with E-state index in [-0.39, 0.29) is 30.3 Å². The summed E-state index contributed by atoms with van der Waals surface area (Å²) in [5.41, 5.74) is 1.90.